The Bertz CT molecular complexity index is 626. The van der Waals surface area contributed by atoms with E-state index in [4.69, 9.17) is 0 Å². The Kier molecular flexibility index (Phi) is 5.77. The van der Waals surface area contributed by atoms with Gasteiger partial charge in [-0.2, -0.15) is 0 Å². The minimum atomic E-state index is -0.0211. The van der Waals surface area contributed by atoms with Crippen LogP contribution in [0.15, 0.2) is 36.0 Å². The molecule has 1 aliphatic rings. The van der Waals surface area contributed by atoms with Gasteiger partial charge in [0.2, 0.25) is 5.95 Å². The van der Waals surface area contributed by atoms with Crippen LogP contribution in [0.2, 0.25) is 0 Å². The highest BCUT2D eigenvalue weighted by Crippen LogP contribution is 2.08. The lowest BCUT2D eigenvalue weighted by molar-refractivity contribution is -0.914. The maximum Gasteiger partial charge on any atom is 0.278 e. The maximum absolute atomic E-state index is 12.4. The average molecular weight is 346 g/mol. The Morgan fingerprint density at radius 2 is 2.08 bits per heavy atom. The molecule has 3 heterocycles. The summed E-state index contributed by atoms with van der Waals surface area (Å²) in [5.41, 5.74) is 0. The van der Waals surface area contributed by atoms with Crippen LogP contribution < -0.4 is 15.1 Å². The summed E-state index contributed by atoms with van der Waals surface area (Å²) < 4.78 is 0. The van der Waals surface area contributed by atoms with E-state index in [1.54, 1.807) is 23.7 Å². The van der Waals surface area contributed by atoms with E-state index in [9.17, 15) is 4.79 Å². The van der Waals surface area contributed by atoms with Crippen molar-refractivity contribution in [2.24, 2.45) is 0 Å². The molecule has 24 heavy (non-hydrogen) atoms. The third-order valence-corrected chi connectivity index (χ3v) is 5.43. The highest BCUT2D eigenvalue weighted by molar-refractivity contribution is 7.09. The summed E-state index contributed by atoms with van der Waals surface area (Å²) in [6, 6.07) is 5.96. The van der Waals surface area contributed by atoms with Gasteiger partial charge in [0, 0.05) is 23.8 Å². The normalized spacial score (nSPS) is 16.8. The van der Waals surface area contributed by atoms with Crippen LogP contribution in [0.1, 0.15) is 11.8 Å². The number of nitrogens with one attached hydrogen (secondary N) is 2. The standard InChI is InChI=1S/C17H23N5OS/c1-14(16(23)18-8-5-15-4-2-13-24-15)21-9-11-22(12-10-21)17-19-6-3-7-20-17/h2-4,6-7,13-14H,5,8-12H2,1H3,(H,18,23)/p+1/t14-/m1/s1. The molecule has 1 fully saturated rings. The number of carbonyl (C=O) groups excluding carboxylic acids is 1. The predicted octanol–water partition coefficient (Wildman–Crippen LogP) is -0.00960. The highest BCUT2D eigenvalue weighted by atomic mass is 32.1. The van der Waals surface area contributed by atoms with Gasteiger partial charge in [0.05, 0.1) is 26.2 Å². The molecule has 0 aromatic carbocycles. The Morgan fingerprint density at radius 3 is 2.75 bits per heavy atom. The Hall–Kier alpha value is -1.99. The number of carbonyl (C=O) groups is 1. The topological polar surface area (TPSA) is 62.6 Å². The Morgan fingerprint density at radius 1 is 1.33 bits per heavy atom. The van der Waals surface area contributed by atoms with Gasteiger partial charge in [-0.05, 0) is 30.9 Å². The number of hydrogen-bond acceptors (Lipinski definition) is 5. The number of thiophene rings is 1. The van der Waals surface area contributed by atoms with Crippen molar-refractivity contribution in [3.63, 3.8) is 0 Å². The molecule has 2 N–H and O–H groups in total. The Labute approximate surface area is 146 Å². The molecular formula is C17H24N5OS+. The lowest BCUT2D eigenvalue weighted by atomic mass is 10.2. The van der Waals surface area contributed by atoms with Gasteiger partial charge in [-0.3, -0.25) is 4.79 Å². The number of nitrogens with zero attached hydrogens (tertiary/aromatic N) is 3. The van der Waals surface area contributed by atoms with E-state index in [2.05, 4.69) is 31.6 Å². The van der Waals surface area contributed by atoms with Gasteiger partial charge in [-0.1, -0.05) is 6.07 Å². The lowest BCUT2D eigenvalue weighted by Gasteiger charge is -2.34. The van der Waals surface area contributed by atoms with Crippen LogP contribution in [0.25, 0.3) is 0 Å². The predicted molar refractivity (Wildman–Crippen MR) is 95.4 cm³/mol. The summed E-state index contributed by atoms with van der Waals surface area (Å²) in [5.74, 6) is 0.926. The van der Waals surface area contributed by atoms with Gasteiger partial charge in [0.15, 0.2) is 6.04 Å². The second-order valence-corrected chi connectivity index (χ2v) is 7.07. The lowest BCUT2D eigenvalue weighted by Crippen LogP contribution is -3.19. The van der Waals surface area contributed by atoms with Crippen LogP contribution in [0, 0.1) is 0 Å². The summed E-state index contributed by atoms with van der Waals surface area (Å²) in [4.78, 5) is 25.8. The molecule has 0 bridgehead atoms. The maximum atomic E-state index is 12.4. The molecule has 2 aromatic heterocycles. The van der Waals surface area contributed by atoms with Crippen LogP contribution in [0.3, 0.4) is 0 Å². The fraction of sp³-hybridized carbons (Fsp3) is 0.471. The fourth-order valence-electron chi connectivity index (χ4n) is 2.98. The third kappa shape index (κ3) is 4.30. The van der Waals surface area contributed by atoms with Crippen molar-refractivity contribution in [2.45, 2.75) is 19.4 Å². The van der Waals surface area contributed by atoms with Crippen molar-refractivity contribution in [1.29, 1.82) is 0 Å². The second-order valence-electron chi connectivity index (χ2n) is 6.04. The molecule has 1 amide bonds. The molecule has 0 spiro atoms. The van der Waals surface area contributed by atoms with E-state index >= 15 is 0 Å². The minimum Gasteiger partial charge on any atom is -0.351 e. The SMILES string of the molecule is C[C@H](C(=O)NCCc1cccs1)[NH+]1CCN(c2ncccn2)CC1. The Balaban J connectivity index is 1.42. The van der Waals surface area contributed by atoms with E-state index in [1.165, 1.54) is 9.78 Å². The molecule has 1 aliphatic heterocycles. The number of hydrogen-bond donors (Lipinski definition) is 2. The van der Waals surface area contributed by atoms with Crippen molar-refractivity contribution in [3.05, 3.63) is 40.8 Å². The summed E-state index contributed by atoms with van der Waals surface area (Å²) in [7, 11) is 0. The summed E-state index contributed by atoms with van der Waals surface area (Å²) >= 11 is 1.74. The van der Waals surface area contributed by atoms with Crippen molar-refractivity contribution < 1.29 is 9.69 Å². The zero-order valence-electron chi connectivity index (χ0n) is 13.9. The molecule has 0 radical (unpaired) electrons. The molecule has 3 rings (SSSR count). The first-order chi connectivity index (χ1) is 11.7. The van der Waals surface area contributed by atoms with E-state index in [-0.39, 0.29) is 11.9 Å². The molecule has 0 aliphatic carbocycles. The van der Waals surface area contributed by atoms with Crippen LogP contribution >= 0.6 is 11.3 Å². The van der Waals surface area contributed by atoms with Crippen molar-refractivity contribution >= 4 is 23.2 Å². The van der Waals surface area contributed by atoms with Crippen LogP contribution in [-0.4, -0.2) is 54.6 Å². The smallest absolute Gasteiger partial charge is 0.278 e. The molecule has 2 aromatic rings. The largest absolute Gasteiger partial charge is 0.351 e. The van der Waals surface area contributed by atoms with E-state index in [0.717, 1.165) is 38.5 Å². The van der Waals surface area contributed by atoms with Crippen molar-refractivity contribution in [3.8, 4) is 0 Å². The van der Waals surface area contributed by atoms with Crippen LogP contribution in [-0.2, 0) is 11.2 Å². The highest BCUT2D eigenvalue weighted by Gasteiger charge is 2.29. The first kappa shape index (κ1) is 16.9. The van der Waals surface area contributed by atoms with E-state index in [1.807, 2.05) is 19.1 Å². The van der Waals surface area contributed by atoms with E-state index < -0.39 is 0 Å². The molecule has 6 nitrogen and oxygen atoms in total. The first-order valence-corrected chi connectivity index (χ1v) is 9.28. The summed E-state index contributed by atoms with van der Waals surface area (Å²) in [6.45, 7) is 6.35. The van der Waals surface area contributed by atoms with Gasteiger partial charge in [0.1, 0.15) is 0 Å². The van der Waals surface area contributed by atoms with Crippen molar-refractivity contribution in [1.82, 2.24) is 15.3 Å². The van der Waals surface area contributed by atoms with Crippen LogP contribution in [0.5, 0.6) is 0 Å². The monoisotopic (exact) mass is 346 g/mol. The first-order valence-electron chi connectivity index (χ1n) is 8.40. The fourth-order valence-corrected chi connectivity index (χ4v) is 3.69. The molecular weight excluding hydrogens is 322 g/mol. The second kappa shape index (κ2) is 8.21. The molecule has 0 saturated carbocycles. The van der Waals surface area contributed by atoms with Gasteiger partial charge >= 0.3 is 0 Å². The van der Waals surface area contributed by atoms with Gasteiger partial charge in [-0.25, -0.2) is 9.97 Å². The van der Waals surface area contributed by atoms with Gasteiger partial charge in [0.25, 0.3) is 5.91 Å². The molecule has 7 heteroatoms. The number of amides is 1. The minimum absolute atomic E-state index is 0.0211. The van der Waals surface area contributed by atoms with Gasteiger partial charge < -0.3 is 15.1 Å². The zero-order chi connectivity index (χ0) is 16.8. The molecule has 128 valence electrons. The van der Waals surface area contributed by atoms with Crippen LogP contribution in [0.4, 0.5) is 5.95 Å². The molecule has 1 atom stereocenters. The molecule has 0 unspecified atom stereocenters. The van der Waals surface area contributed by atoms with Gasteiger partial charge in [-0.15, -0.1) is 11.3 Å². The third-order valence-electron chi connectivity index (χ3n) is 4.50. The van der Waals surface area contributed by atoms with E-state index in [0.29, 0.717) is 6.54 Å². The molecule has 1 saturated heterocycles. The number of rotatable bonds is 6. The summed E-state index contributed by atoms with van der Waals surface area (Å²) in [5, 5.41) is 5.14. The average Bonchev–Trinajstić information content (AvgIpc) is 3.15. The number of quaternary nitrogens is 1. The quantitative estimate of drug-likeness (QED) is 0.772. The van der Waals surface area contributed by atoms with Crippen molar-refractivity contribution in [2.75, 3.05) is 37.6 Å². The number of anilines is 1. The zero-order valence-corrected chi connectivity index (χ0v) is 14.8. The number of aromatic nitrogens is 2. The summed E-state index contributed by atoms with van der Waals surface area (Å²) in [6.07, 6.45) is 4.45. The number of piperazine rings is 1.